The van der Waals surface area contributed by atoms with E-state index < -0.39 is 61.3 Å². The number of phosphoric ester groups is 2. The molecule has 4 aromatic heterocycles. The lowest BCUT2D eigenvalue weighted by molar-refractivity contribution is 0.0921. The van der Waals surface area contributed by atoms with Crippen molar-refractivity contribution in [2.24, 2.45) is 11.8 Å². The summed E-state index contributed by atoms with van der Waals surface area (Å²) < 4.78 is 100. The van der Waals surface area contributed by atoms with Crippen LogP contribution in [0.2, 0.25) is 0 Å². The van der Waals surface area contributed by atoms with Crippen molar-refractivity contribution in [3.63, 3.8) is 0 Å². The summed E-state index contributed by atoms with van der Waals surface area (Å²) in [5, 5.41) is -5.89. The predicted molar refractivity (Wildman–Crippen MR) is 171 cm³/mol. The molecule has 28 heteroatoms. The summed E-state index contributed by atoms with van der Waals surface area (Å²) in [6.45, 7) is -1.21. The Morgan fingerprint density at radius 2 is 1.08 bits per heavy atom. The van der Waals surface area contributed by atoms with Crippen LogP contribution in [0.5, 0.6) is 0 Å². The zero-order valence-corrected chi connectivity index (χ0v) is 29.7. The molecule has 6 rings (SSSR count). The van der Waals surface area contributed by atoms with Crippen molar-refractivity contribution in [1.29, 1.82) is 0 Å². The maximum Gasteiger partial charge on any atom is 0.479 e. The molecule has 2 fully saturated rings. The van der Waals surface area contributed by atoms with Crippen LogP contribution in [0, 0.1) is 11.8 Å². The van der Waals surface area contributed by atoms with Crippen LogP contribution in [0.25, 0.3) is 22.3 Å². The van der Waals surface area contributed by atoms with Gasteiger partial charge >= 0.3 is 36.2 Å². The SMILES string of the molecule is Nc1ncnc2c1ncn2C1CCC(COP(=O)(O)OP(=O)(O)C(F)(F)P(=O)(O)OP(=O)(O)OCC2CCC(n3cnc4c(N)ncnc43)C2)C1. The second kappa shape index (κ2) is 13.9. The normalized spacial score (nSPS) is 26.2. The van der Waals surface area contributed by atoms with Crippen molar-refractivity contribution >= 4 is 64.8 Å². The van der Waals surface area contributed by atoms with E-state index in [4.69, 9.17) is 11.5 Å². The number of aromatic nitrogens is 8. The van der Waals surface area contributed by atoms with Gasteiger partial charge in [0.2, 0.25) is 0 Å². The van der Waals surface area contributed by atoms with Gasteiger partial charge in [-0.25, -0.2) is 47.7 Å². The molecule has 2 aliphatic carbocycles. The number of halogens is 2. The Morgan fingerprint density at radius 3 is 1.47 bits per heavy atom. The van der Waals surface area contributed by atoms with Gasteiger partial charge < -0.3 is 40.2 Å². The van der Waals surface area contributed by atoms with E-state index in [0.29, 0.717) is 60.9 Å². The zero-order valence-electron chi connectivity index (χ0n) is 26.1. The zero-order chi connectivity index (χ0) is 37.0. The summed E-state index contributed by atoms with van der Waals surface area (Å²) in [5.41, 5.74) is 13.2. The van der Waals surface area contributed by atoms with Crippen LogP contribution in [-0.4, -0.2) is 77.2 Å². The van der Waals surface area contributed by atoms with Crippen molar-refractivity contribution in [3.8, 4) is 0 Å². The first-order chi connectivity index (χ1) is 23.8. The van der Waals surface area contributed by atoms with E-state index in [9.17, 15) is 46.6 Å². The molecule has 8 N–H and O–H groups in total. The van der Waals surface area contributed by atoms with E-state index >= 15 is 0 Å². The van der Waals surface area contributed by atoms with Gasteiger partial charge in [-0.3, -0.25) is 18.2 Å². The number of rotatable bonds is 14. The molecule has 0 amide bonds. The predicted octanol–water partition coefficient (Wildman–Crippen LogP) is 3.70. The monoisotopic (exact) mass is 802 g/mol. The lowest BCUT2D eigenvalue weighted by Crippen LogP contribution is -2.20. The number of nitrogen functional groups attached to an aromatic ring is 2. The highest BCUT2D eigenvalue weighted by Gasteiger charge is 2.70. The Bertz CT molecular complexity index is 1990. The van der Waals surface area contributed by atoms with Gasteiger partial charge in [-0.2, -0.15) is 8.78 Å². The summed E-state index contributed by atoms with van der Waals surface area (Å²) in [5.74, 6) is -0.620. The number of nitrogens with zero attached hydrogens (tertiary/aromatic N) is 8. The summed E-state index contributed by atoms with van der Waals surface area (Å²) in [6, 6.07) is -0.443. The average Bonchev–Trinajstić information content (AvgIpc) is 3.84. The first kappa shape index (κ1) is 37.9. The average molecular weight is 802 g/mol. The Morgan fingerprint density at radius 1 is 0.686 bits per heavy atom. The molecule has 0 spiro atoms. The van der Waals surface area contributed by atoms with Gasteiger partial charge in [-0.15, -0.1) is 0 Å². The van der Waals surface area contributed by atoms with E-state index in [1.807, 2.05) is 0 Å². The fourth-order valence-corrected chi connectivity index (χ4v) is 12.3. The molecule has 2 aliphatic rings. The summed E-state index contributed by atoms with van der Waals surface area (Å²) in [4.78, 5) is 64.2. The Hall–Kier alpha value is -2.84. The molecule has 0 bridgehead atoms. The third-order valence-electron chi connectivity index (χ3n) is 8.64. The lowest BCUT2D eigenvalue weighted by atomic mass is 10.1. The molecular weight excluding hydrogens is 770 g/mol. The summed E-state index contributed by atoms with van der Waals surface area (Å²) in [6.07, 6.45) is 7.94. The molecule has 0 aromatic carbocycles. The maximum absolute atomic E-state index is 14.9. The Balaban J connectivity index is 1.01. The number of alkyl halides is 2. The third kappa shape index (κ3) is 7.78. The highest BCUT2D eigenvalue weighted by Crippen LogP contribution is 2.81. The van der Waals surface area contributed by atoms with Gasteiger partial charge in [0.15, 0.2) is 22.9 Å². The van der Waals surface area contributed by atoms with Crippen molar-refractivity contribution < 1.29 is 64.3 Å². The van der Waals surface area contributed by atoms with Gasteiger partial charge in [0.1, 0.15) is 23.7 Å². The van der Waals surface area contributed by atoms with Crippen molar-refractivity contribution in [2.75, 3.05) is 24.7 Å². The molecule has 8 unspecified atom stereocenters. The van der Waals surface area contributed by atoms with Gasteiger partial charge in [0.05, 0.1) is 25.9 Å². The minimum Gasteiger partial charge on any atom is -0.382 e. The molecule has 0 radical (unpaired) electrons. The molecule has 8 atom stereocenters. The number of hydrogen-bond donors (Lipinski definition) is 6. The van der Waals surface area contributed by atoms with Crippen LogP contribution in [0.15, 0.2) is 25.3 Å². The highest BCUT2D eigenvalue weighted by atomic mass is 31.3. The number of imidazole rings is 2. The fourth-order valence-electron chi connectivity index (χ4n) is 6.16. The first-order valence-corrected chi connectivity index (χ1v) is 21.2. The third-order valence-corrected chi connectivity index (χ3v) is 15.9. The largest absolute Gasteiger partial charge is 0.479 e. The molecule has 4 aromatic rings. The number of phosphoric acid groups is 2. The lowest BCUT2D eigenvalue weighted by Gasteiger charge is -2.27. The minimum atomic E-state index is -6.93. The smallest absolute Gasteiger partial charge is 0.382 e. The molecule has 51 heavy (non-hydrogen) atoms. The topological polar surface area (TPSA) is 325 Å². The molecule has 4 heterocycles. The van der Waals surface area contributed by atoms with E-state index in [-0.39, 0.29) is 23.7 Å². The number of fused-ring (bicyclic) bond motifs is 2. The van der Waals surface area contributed by atoms with Crippen molar-refractivity contribution in [3.05, 3.63) is 25.3 Å². The molecule has 0 aliphatic heterocycles. The van der Waals surface area contributed by atoms with Gasteiger partial charge in [-0.1, -0.05) is 0 Å². The van der Waals surface area contributed by atoms with E-state index in [2.05, 4.69) is 47.6 Å². The Labute approximate surface area is 285 Å². The second-order valence-corrected chi connectivity index (χ2v) is 19.3. The summed E-state index contributed by atoms with van der Waals surface area (Å²) >= 11 is 0. The standard InChI is InChI=1S/C23H32F2N10O12P4/c24-23(25,48(36,37)46-50(40,41)44-7-13-1-3-15(5-13)34-11-32-17-19(26)28-9-30-21(17)34)49(38,39)47-51(42,43)45-8-14-2-4-16(6-14)35-12-33-18-20(27)29-10-31-22(18)35/h9-16H,1-8H2,(H,36,37)(H,38,39)(H,40,41)(H,42,43)(H2,26,28,30)(H2,27,29,31). The second-order valence-electron chi connectivity index (χ2n) is 12.1. The fraction of sp³-hybridized carbons (Fsp3) is 0.565. The highest BCUT2D eigenvalue weighted by molar-refractivity contribution is 7.78. The van der Waals surface area contributed by atoms with Crippen LogP contribution in [0.1, 0.15) is 50.6 Å². The number of nitrogens with two attached hydrogens (primary N) is 2. The van der Waals surface area contributed by atoms with E-state index in [1.54, 1.807) is 9.13 Å². The van der Waals surface area contributed by atoms with Gasteiger partial charge in [0, 0.05) is 12.1 Å². The van der Waals surface area contributed by atoms with Crippen LogP contribution in [0.3, 0.4) is 0 Å². The first-order valence-electron chi connectivity index (χ1n) is 15.1. The van der Waals surface area contributed by atoms with Crippen molar-refractivity contribution in [1.82, 2.24) is 39.0 Å². The van der Waals surface area contributed by atoms with E-state index in [1.165, 1.54) is 25.3 Å². The quantitative estimate of drug-likeness (QED) is 0.0990. The molecule has 22 nitrogen and oxygen atoms in total. The van der Waals surface area contributed by atoms with Crippen LogP contribution in [-0.2, 0) is 35.9 Å². The number of anilines is 2. The van der Waals surface area contributed by atoms with E-state index in [0.717, 1.165) is 0 Å². The molecule has 2 saturated carbocycles. The van der Waals surface area contributed by atoms with Crippen LogP contribution in [0.4, 0.5) is 20.4 Å². The number of hydrogen-bond acceptors (Lipinski definition) is 16. The molecular formula is C23H32F2N10O12P4. The van der Waals surface area contributed by atoms with Crippen molar-refractivity contribution in [2.45, 2.75) is 56.0 Å². The molecule has 0 saturated heterocycles. The maximum atomic E-state index is 14.9. The van der Waals surface area contributed by atoms with Gasteiger partial charge in [-0.05, 0) is 50.4 Å². The summed E-state index contributed by atoms with van der Waals surface area (Å²) in [7, 11) is -25.5. The van der Waals surface area contributed by atoms with Crippen LogP contribution >= 0.6 is 30.8 Å². The Kier molecular flexibility index (Phi) is 10.3. The van der Waals surface area contributed by atoms with Crippen LogP contribution < -0.4 is 11.5 Å². The van der Waals surface area contributed by atoms with Gasteiger partial charge in [0.25, 0.3) is 0 Å². The molecule has 280 valence electrons. The minimum absolute atomic E-state index is 0.161.